The minimum atomic E-state index is -1.74. The molecule has 236 valence electrons. The number of cyclic esters (lactones) is 1. The summed E-state index contributed by atoms with van der Waals surface area (Å²) < 4.78 is 18.0. The number of hydrogen-bond acceptors (Lipinski definition) is 11. The van der Waals surface area contributed by atoms with Gasteiger partial charge in [0.2, 0.25) is 0 Å². The molecule has 11 nitrogen and oxygen atoms in total. The largest absolute Gasteiger partial charge is 0.459 e. The minimum Gasteiger partial charge on any atom is -0.459 e. The molecule has 2 aliphatic heterocycles. The topological polar surface area (TPSA) is 152 Å². The standard InChI is InChI=1S/C29H56N2O9/c1-11-23-29(7,37)26(34)18(4)31(10)15-16(2)14-28(6,36)22(32)13-21(17(3)27(35)40-23)39-24-12-20(30(8)9)25(33)19(5)38-24/h16-26,32-34,36-37H,11-15H2,1-10H3/t16-,17-,18-,19-,20?,21+,22-,23-,24+,25?,26-,28-,29-/m1/s1. The van der Waals surface area contributed by atoms with Gasteiger partial charge in [-0.05, 0) is 74.5 Å². The number of carbonyl (C=O) groups is 1. The first-order chi connectivity index (χ1) is 18.3. The van der Waals surface area contributed by atoms with Gasteiger partial charge >= 0.3 is 5.97 Å². The van der Waals surface area contributed by atoms with Crippen LogP contribution in [0.5, 0.6) is 0 Å². The van der Waals surface area contributed by atoms with Gasteiger partial charge in [0, 0.05) is 31.5 Å². The maximum Gasteiger partial charge on any atom is 0.311 e. The summed E-state index contributed by atoms with van der Waals surface area (Å²) in [6.45, 7) is 12.4. The monoisotopic (exact) mass is 576 g/mol. The Morgan fingerprint density at radius 2 is 1.68 bits per heavy atom. The summed E-state index contributed by atoms with van der Waals surface area (Å²) in [4.78, 5) is 17.3. The number of aliphatic hydroxyl groups excluding tert-OH is 3. The predicted octanol–water partition coefficient (Wildman–Crippen LogP) is 0.730. The van der Waals surface area contributed by atoms with Gasteiger partial charge in [-0.25, -0.2) is 0 Å². The SMILES string of the molecule is CC[C@H]1OC(=O)[C@H](C)[C@@H](O[C@H]2CC(N(C)C)C(O)[C@@H](C)O2)C[C@@H](O)[C@](C)(O)C[C@@H](C)CN(C)[C@H](C)[C@@H](O)[C@]1(C)O. The molecule has 2 rings (SSSR count). The van der Waals surface area contributed by atoms with E-state index in [-0.39, 0.29) is 31.2 Å². The fraction of sp³-hybridized carbons (Fsp3) is 0.966. The van der Waals surface area contributed by atoms with Crippen LogP contribution in [0.2, 0.25) is 0 Å². The highest BCUT2D eigenvalue weighted by molar-refractivity contribution is 5.73. The van der Waals surface area contributed by atoms with E-state index in [1.54, 1.807) is 34.6 Å². The van der Waals surface area contributed by atoms with Crippen molar-refractivity contribution in [1.82, 2.24) is 9.80 Å². The van der Waals surface area contributed by atoms with Crippen molar-refractivity contribution >= 4 is 5.97 Å². The van der Waals surface area contributed by atoms with Gasteiger partial charge in [-0.1, -0.05) is 13.8 Å². The van der Waals surface area contributed by atoms with Crippen LogP contribution in [0.4, 0.5) is 0 Å². The molecule has 2 fully saturated rings. The number of likely N-dealkylation sites (N-methyl/N-ethyl adjacent to an activating group) is 2. The van der Waals surface area contributed by atoms with Gasteiger partial charge in [-0.2, -0.15) is 0 Å². The number of carbonyl (C=O) groups excluding carboxylic acids is 1. The number of rotatable bonds is 4. The number of nitrogens with zero attached hydrogens (tertiary/aromatic N) is 2. The zero-order valence-electron chi connectivity index (χ0n) is 26.1. The molecule has 0 saturated carbocycles. The molecule has 0 spiro atoms. The Morgan fingerprint density at radius 3 is 2.23 bits per heavy atom. The third-order valence-corrected chi connectivity index (χ3v) is 9.16. The van der Waals surface area contributed by atoms with E-state index in [2.05, 4.69) is 0 Å². The highest BCUT2D eigenvalue weighted by Gasteiger charge is 2.47. The average Bonchev–Trinajstić information content (AvgIpc) is 2.85. The summed E-state index contributed by atoms with van der Waals surface area (Å²) in [5, 5.41) is 55.7. The molecule has 0 aliphatic carbocycles. The van der Waals surface area contributed by atoms with Gasteiger partial charge in [-0.3, -0.25) is 4.79 Å². The van der Waals surface area contributed by atoms with Crippen LogP contribution in [0.15, 0.2) is 0 Å². The van der Waals surface area contributed by atoms with Gasteiger partial charge in [0.25, 0.3) is 0 Å². The third kappa shape index (κ3) is 8.35. The molecule has 0 radical (unpaired) electrons. The fourth-order valence-corrected chi connectivity index (χ4v) is 6.17. The molecule has 2 unspecified atom stereocenters. The van der Waals surface area contributed by atoms with Crippen molar-refractivity contribution in [2.75, 3.05) is 27.7 Å². The first-order valence-corrected chi connectivity index (χ1v) is 14.7. The highest BCUT2D eigenvalue weighted by Crippen LogP contribution is 2.33. The lowest BCUT2D eigenvalue weighted by molar-refractivity contribution is -0.260. The van der Waals surface area contributed by atoms with Crippen LogP contribution >= 0.6 is 0 Å². The molecule has 0 amide bonds. The summed E-state index contributed by atoms with van der Waals surface area (Å²) in [7, 11) is 5.54. The Kier molecular flexibility index (Phi) is 12.4. The molecule has 2 saturated heterocycles. The van der Waals surface area contributed by atoms with E-state index in [1.165, 1.54) is 6.92 Å². The summed E-state index contributed by atoms with van der Waals surface area (Å²) in [6, 6.07) is -0.726. The Balaban J connectivity index is 2.44. The van der Waals surface area contributed by atoms with Crippen LogP contribution in [0, 0.1) is 11.8 Å². The lowest BCUT2D eigenvalue weighted by Crippen LogP contribution is -2.59. The molecule has 2 aliphatic rings. The zero-order valence-corrected chi connectivity index (χ0v) is 26.1. The van der Waals surface area contributed by atoms with E-state index >= 15 is 0 Å². The number of aliphatic hydroxyl groups is 5. The van der Waals surface area contributed by atoms with Crippen molar-refractivity contribution in [2.45, 2.75) is 140 Å². The molecule has 2 heterocycles. The molecule has 13 atom stereocenters. The summed E-state index contributed by atoms with van der Waals surface area (Å²) in [6.07, 6.45) is -5.58. The van der Waals surface area contributed by atoms with Crippen LogP contribution in [0.3, 0.4) is 0 Å². The summed E-state index contributed by atoms with van der Waals surface area (Å²) in [5.41, 5.74) is -3.23. The van der Waals surface area contributed by atoms with Gasteiger partial charge in [0.15, 0.2) is 6.29 Å². The predicted molar refractivity (Wildman–Crippen MR) is 150 cm³/mol. The van der Waals surface area contributed by atoms with Gasteiger partial charge in [0.05, 0.1) is 35.9 Å². The fourth-order valence-electron chi connectivity index (χ4n) is 6.17. The molecular formula is C29H56N2O9. The third-order valence-electron chi connectivity index (χ3n) is 9.16. The van der Waals surface area contributed by atoms with E-state index < -0.39 is 72.0 Å². The lowest BCUT2D eigenvalue weighted by atomic mass is 9.83. The maximum atomic E-state index is 13.5. The molecule has 0 aromatic carbocycles. The minimum absolute atomic E-state index is 0.0680. The molecule has 0 bridgehead atoms. The quantitative estimate of drug-likeness (QED) is 0.301. The van der Waals surface area contributed by atoms with E-state index in [9.17, 15) is 30.3 Å². The smallest absolute Gasteiger partial charge is 0.311 e. The van der Waals surface area contributed by atoms with Crippen molar-refractivity contribution in [3.8, 4) is 0 Å². The zero-order chi connectivity index (χ0) is 30.7. The van der Waals surface area contributed by atoms with Crippen LogP contribution < -0.4 is 0 Å². The van der Waals surface area contributed by atoms with Crippen LogP contribution in [-0.2, 0) is 19.0 Å². The highest BCUT2D eigenvalue weighted by atomic mass is 16.7. The van der Waals surface area contributed by atoms with Crippen molar-refractivity contribution in [2.24, 2.45) is 11.8 Å². The first-order valence-electron chi connectivity index (χ1n) is 14.7. The van der Waals surface area contributed by atoms with Gasteiger partial charge < -0.3 is 49.5 Å². The number of esters is 1. The normalized spacial score (nSPS) is 47.4. The summed E-state index contributed by atoms with van der Waals surface area (Å²) in [5.74, 6) is -1.63. The number of ether oxygens (including phenoxy) is 3. The molecule has 0 aromatic rings. The van der Waals surface area contributed by atoms with Gasteiger partial charge in [0.1, 0.15) is 17.8 Å². The van der Waals surface area contributed by atoms with E-state index in [4.69, 9.17) is 14.2 Å². The van der Waals surface area contributed by atoms with Crippen LogP contribution in [-0.4, -0.2) is 135 Å². The van der Waals surface area contributed by atoms with Crippen molar-refractivity contribution in [3.05, 3.63) is 0 Å². The van der Waals surface area contributed by atoms with E-state index in [1.807, 2.05) is 37.9 Å². The summed E-state index contributed by atoms with van der Waals surface area (Å²) >= 11 is 0. The second-order valence-corrected chi connectivity index (χ2v) is 13.1. The van der Waals surface area contributed by atoms with E-state index in [0.29, 0.717) is 13.0 Å². The molecule has 40 heavy (non-hydrogen) atoms. The lowest BCUT2D eigenvalue weighted by Gasteiger charge is -2.43. The number of hydrogen-bond donors (Lipinski definition) is 5. The Hall–Kier alpha value is -0.890. The molecule has 11 heteroatoms. The first kappa shape index (κ1) is 35.3. The van der Waals surface area contributed by atoms with Gasteiger partial charge in [-0.15, -0.1) is 0 Å². The van der Waals surface area contributed by atoms with Crippen LogP contribution in [0.1, 0.15) is 74.1 Å². The Labute approximate surface area is 240 Å². The molecule has 0 aromatic heterocycles. The van der Waals surface area contributed by atoms with Crippen molar-refractivity contribution < 1.29 is 44.5 Å². The molecule has 5 N–H and O–H groups in total. The molecular weight excluding hydrogens is 520 g/mol. The second kappa shape index (κ2) is 14.1. The van der Waals surface area contributed by atoms with Crippen LogP contribution in [0.25, 0.3) is 0 Å². The average molecular weight is 577 g/mol. The van der Waals surface area contributed by atoms with E-state index in [0.717, 1.165) is 0 Å². The maximum absolute atomic E-state index is 13.5. The Bertz CT molecular complexity index is 810. The Morgan fingerprint density at radius 1 is 1.07 bits per heavy atom. The van der Waals surface area contributed by atoms with Crippen molar-refractivity contribution in [3.63, 3.8) is 0 Å². The van der Waals surface area contributed by atoms with Crippen molar-refractivity contribution in [1.29, 1.82) is 0 Å². The second-order valence-electron chi connectivity index (χ2n) is 13.1.